The maximum atomic E-state index is 5.76. The van der Waals surface area contributed by atoms with Crippen molar-refractivity contribution in [1.82, 2.24) is 10.3 Å². The third-order valence-electron chi connectivity index (χ3n) is 3.22. The van der Waals surface area contributed by atoms with Crippen LogP contribution in [0.25, 0.3) is 0 Å². The summed E-state index contributed by atoms with van der Waals surface area (Å²) >= 11 is 0. The molecule has 0 bridgehead atoms. The minimum Gasteiger partial charge on any atom is -0.439 e. The lowest BCUT2D eigenvalue weighted by Gasteiger charge is -2.11. The molecule has 3 heteroatoms. The van der Waals surface area contributed by atoms with Crippen LogP contribution in [-0.4, -0.2) is 12.0 Å². The normalized spacial score (nSPS) is 12.2. The van der Waals surface area contributed by atoms with Crippen LogP contribution in [0.4, 0.5) is 0 Å². The second-order valence-electron chi connectivity index (χ2n) is 4.54. The van der Waals surface area contributed by atoms with Gasteiger partial charge in [0.25, 0.3) is 0 Å². The van der Waals surface area contributed by atoms with Crippen LogP contribution in [0.2, 0.25) is 0 Å². The Hall–Kier alpha value is -1.87. The van der Waals surface area contributed by atoms with E-state index in [0.717, 1.165) is 17.7 Å². The van der Waals surface area contributed by atoms with E-state index in [4.69, 9.17) is 4.74 Å². The fraction of sp³-hybridized carbons (Fsp3) is 0.312. The van der Waals surface area contributed by atoms with Gasteiger partial charge >= 0.3 is 0 Å². The van der Waals surface area contributed by atoms with E-state index in [1.54, 1.807) is 0 Å². The molecule has 0 aliphatic rings. The van der Waals surface area contributed by atoms with Crippen molar-refractivity contribution in [1.29, 1.82) is 0 Å². The van der Waals surface area contributed by atoms with Crippen LogP contribution < -0.4 is 10.1 Å². The Labute approximate surface area is 114 Å². The molecule has 100 valence electrons. The van der Waals surface area contributed by atoms with Crippen molar-refractivity contribution in [2.45, 2.75) is 26.3 Å². The van der Waals surface area contributed by atoms with Crippen LogP contribution in [0.1, 0.15) is 31.0 Å². The summed E-state index contributed by atoms with van der Waals surface area (Å²) in [6.07, 6.45) is 2.85. The Kier molecular flexibility index (Phi) is 4.53. The summed E-state index contributed by atoms with van der Waals surface area (Å²) in [4.78, 5) is 4.34. The smallest absolute Gasteiger partial charge is 0.219 e. The molecule has 3 nitrogen and oxygen atoms in total. The van der Waals surface area contributed by atoms with Crippen molar-refractivity contribution < 1.29 is 4.74 Å². The molecule has 0 amide bonds. The number of hydrogen-bond acceptors (Lipinski definition) is 3. The average Bonchev–Trinajstić information content (AvgIpc) is 2.47. The minimum atomic E-state index is 0.296. The van der Waals surface area contributed by atoms with Crippen molar-refractivity contribution >= 4 is 0 Å². The van der Waals surface area contributed by atoms with E-state index in [0.29, 0.717) is 11.9 Å². The fourth-order valence-corrected chi connectivity index (χ4v) is 1.82. The average molecular weight is 256 g/mol. The van der Waals surface area contributed by atoms with Gasteiger partial charge in [-0.15, -0.1) is 0 Å². The lowest BCUT2D eigenvalue weighted by Crippen LogP contribution is -2.12. The number of benzene rings is 1. The molecule has 19 heavy (non-hydrogen) atoms. The first-order chi connectivity index (χ1) is 9.22. The van der Waals surface area contributed by atoms with Gasteiger partial charge in [-0.1, -0.05) is 25.1 Å². The largest absolute Gasteiger partial charge is 0.439 e. The van der Waals surface area contributed by atoms with Gasteiger partial charge in [0.1, 0.15) is 5.75 Å². The maximum Gasteiger partial charge on any atom is 0.219 e. The molecule has 0 saturated heterocycles. The van der Waals surface area contributed by atoms with E-state index in [1.807, 2.05) is 43.6 Å². The topological polar surface area (TPSA) is 34.1 Å². The molecule has 0 fully saturated rings. The summed E-state index contributed by atoms with van der Waals surface area (Å²) in [6.45, 7) is 4.23. The quantitative estimate of drug-likeness (QED) is 0.885. The molecule has 1 aromatic carbocycles. The van der Waals surface area contributed by atoms with Crippen molar-refractivity contribution in [3.05, 3.63) is 53.7 Å². The molecule has 0 spiro atoms. The number of hydrogen-bond donors (Lipinski definition) is 1. The van der Waals surface area contributed by atoms with Gasteiger partial charge in [0.2, 0.25) is 5.88 Å². The van der Waals surface area contributed by atoms with E-state index < -0.39 is 0 Å². The van der Waals surface area contributed by atoms with Crippen molar-refractivity contribution in [3.8, 4) is 11.6 Å². The molecule has 0 saturated carbocycles. The van der Waals surface area contributed by atoms with E-state index in [9.17, 15) is 0 Å². The number of ether oxygens (including phenoxy) is 1. The molecular weight excluding hydrogens is 236 g/mol. The number of nitrogens with zero attached hydrogens (tertiary/aromatic N) is 1. The van der Waals surface area contributed by atoms with E-state index >= 15 is 0 Å². The summed E-state index contributed by atoms with van der Waals surface area (Å²) in [5.41, 5.74) is 2.41. The highest BCUT2D eigenvalue weighted by Crippen LogP contribution is 2.22. The third kappa shape index (κ3) is 3.55. The Morgan fingerprint density at radius 3 is 2.74 bits per heavy atom. The van der Waals surface area contributed by atoms with Crippen molar-refractivity contribution in [2.24, 2.45) is 0 Å². The van der Waals surface area contributed by atoms with Crippen LogP contribution in [0.5, 0.6) is 11.6 Å². The van der Waals surface area contributed by atoms with Gasteiger partial charge in [-0.25, -0.2) is 4.98 Å². The van der Waals surface area contributed by atoms with Gasteiger partial charge in [0.05, 0.1) is 0 Å². The molecule has 1 unspecified atom stereocenters. The second-order valence-corrected chi connectivity index (χ2v) is 4.54. The zero-order valence-electron chi connectivity index (χ0n) is 11.7. The van der Waals surface area contributed by atoms with Crippen molar-refractivity contribution in [3.63, 3.8) is 0 Å². The molecule has 1 atom stereocenters. The minimum absolute atomic E-state index is 0.296. The highest BCUT2D eigenvalue weighted by Gasteiger charge is 2.04. The SMILES string of the molecule is CCc1cccc(Oc2ccc(C(C)NC)cn2)c1. The van der Waals surface area contributed by atoms with E-state index in [2.05, 4.69) is 30.2 Å². The van der Waals surface area contributed by atoms with Crippen LogP contribution in [-0.2, 0) is 6.42 Å². The lowest BCUT2D eigenvalue weighted by molar-refractivity contribution is 0.461. The molecule has 1 N–H and O–H groups in total. The Morgan fingerprint density at radius 2 is 2.11 bits per heavy atom. The molecule has 1 aromatic heterocycles. The molecule has 0 aliphatic carbocycles. The monoisotopic (exact) mass is 256 g/mol. The molecule has 2 aromatic rings. The molecule has 2 rings (SSSR count). The first kappa shape index (κ1) is 13.6. The Balaban J connectivity index is 2.10. The van der Waals surface area contributed by atoms with Gasteiger partial charge in [-0.2, -0.15) is 0 Å². The highest BCUT2D eigenvalue weighted by molar-refractivity contribution is 5.32. The number of nitrogens with one attached hydrogen (secondary N) is 1. The first-order valence-corrected chi connectivity index (χ1v) is 6.63. The van der Waals surface area contributed by atoms with Gasteiger partial charge in [0, 0.05) is 18.3 Å². The number of aromatic nitrogens is 1. The van der Waals surface area contributed by atoms with Crippen molar-refractivity contribution in [2.75, 3.05) is 7.05 Å². The predicted octanol–water partition coefficient (Wildman–Crippen LogP) is 3.72. The van der Waals surface area contributed by atoms with Gasteiger partial charge in [-0.05, 0) is 43.7 Å². The molecule has 1 heterocycles. The maximum absolute atomic E-state index is 5.76. The number of rotatable bonds is 5. The number of pyridine rings is 1. The van der Waals surface area contributed by atoms with Gasteiger partial charge in [0.15, 0.2) is 0 Å². The molecular formula is C16H20N2O. The third-order valence-corrected chi connectivity index (χ3v) is 3.22. The highest BCUT2D eigenvalue weighted by atomic mass is 16.5. The summed E-state index contributed by atoms with van der Waals surface area (Å²) in [5, 5.41) is 3.18. The molecule has 0 aliphatic heterocycles. The predicted molar refractivity (Wildman–Crippen MR) is 77.6 cm³/mol. The van der Waals surface area contributed by atoms with Crippen LogP contribution in [0.3, 0.4) is 0 Å². The second kappa shape index (κ2) is 6.34. The summed E-state index contributed by atoms with van der Waals surface area (Å²) in [7, 11) is 1.94. The molecule has 0 radical (unpaired) electrons. The lowest BCUT2D eigenvalue weighted by atomic mass is 10.1. The summed E-state index contributed by atoms with van der Waals surface area (Å²) < 4.78 is 5.76. The zero-order valence-corrected chi connectivity index (χ0v) is 11.7. The summed E-state index contributed by atoms with van der Waals surface area (Å²) in [5.74, 6) is 1.46. The van der Waals surface area contributed by atoms with E-state index in [-0.39, 0.29) is 0 Å². The Bertz CT molecular complexity index is 523. The van der Waals surface area contributed by atoms with Gasteiger partial charge in [-0.3, -0.25) is 0 Å². The van der Waals surface area contributed by atoms with Crippen LogP contribution in [0.15, 0.2) is 42.6 Å². The Morgan fingerprint density at radius 1 is 1.26 bits per heavy atom. The van der Waals surface area contributed by atoms with Crippen LogP contribution >= 0.6 is 0 Å². The summed E-state index contributed by atoms with van der Waals surface area (Å²) in [6, 6.07) is 12.3. The standard InChI is InChI=1S/C16H20N2O/c1-4-13-6-5-7-15(10-13)19-16-9-8-14(11-18-16)12(2)17-3/h5-12,17H,4H2,1-3H3. The van der Waals surface area contributed by atoms with Crippen LogP contribution in [0, 0.1) is 0 Å². The first-order valence-electron chi connectivity index (χ1n) is 6.63. The fourth-order valence-electron chi connectivity index (χ4n) is 1.82. The number of aryl methyl sites for hydroxylation is 1. The zero-order chi connectivity index (χ0) is 13.7. The van der Waals surface area contributed by atoms with Gasteiger partial charge < -0.3 is 10.1 Å². The van der Waals surface area contributed by atoms with E-state index in [1.165, 1.54) is 5.56 Å².